The van der Waals surface area contributed by atoms with Crippen molar-refractivity contribution in [2.45, 2.75) is 19.6 Å². The van der Waals surface area contributed by atoms with Gasteiger partial charge in [-0.15, -0.1) is 0 Å². The minimum atomic E-state index is -1.40. The van der Waals surface area contributed by atoms with E-state index in [0.717, 1.165) is 0 Å². The van der Waals surface area contributed by atoms with Crippen molar-refractivity contribution in [2.24, 2.45) is 0 Å². The van der Waals surface area contributed by atoms with Gasteiger partial charge >= 0.3 is 0 Å². The molecule has 0 saturated carbocycles. The van der Waals surface area contributed by atoms with Gasteiger partial charge in [-0.2, -0.15) is 0 Å². The van der Waals surface area contributed by atoms with Crippen LogP contribution in [-0.4, -0.2) is 8.07 Å². The lowest BCUT2D eigenvalue weighted by Gasteiger charge is -2.20. The molecule has 0 radical (unpaired) electrons. The first-order chi connectivity index (χ1) is 24.4. The molecule has 9 rings (SSSR count). The summed E-state index contributed by atoms with van der Waals surface area (Å²) in [6.45, 7) is 7.24. The Bertz CT molecular complexity index is 2670. The molecule has 9 aromatic rings. The van der Waals surface area contributed by atoms with Crippen molar-refractivity contribution in [3.8, 4) is 44.5 Å². The lowest BCUT2D eigenvalue weighted by molar-refractivity contribution is 1.62. The molecule has 0 amide bonds. The van der Waals surface area contributed by atoms with Gasteiger partial charge in [0.15, 0.2) is 0 Å². The van der Waals surface area contributed by atoms with Crippen molar-refractivity contribution in [1.29, 1.82) is 0 Å². The molecule has 0 atom stereocenters. The summed E-state index contributed by atoms with van der Waals surface area (Å²) >= 11 is 0. The highest BCUT2D eigenvalue weighted by Gasteiger charge is 2.19. The molecule has 1 heteroatoms. The van der Waals surface area contributed by atoms with Crippen LogP contribution in [0, 0.1) is 0 Å². The van der Waals surface area contributed by atoms with Crippen LogP contribution < -0.4 is 5.19 Å². The van der Waals surface area contributed by atoms with E-state index >= 15 is 0 Å². The highest BCUT2D eigenvalue weighted by Crippen LogP contribution is 2.44. The average molecular weight is 655 g/mol. The van der Waals surface area contributed by atoms with Crippen LogP contribution in [0.15, 0.2) is 176 Å². The van der Waals surface area contributed by atoms with E-state index < -0.39 is 8.07 Å². The Labute approximate surface area is 295 Å². The zero-order valence-corrected chi connectivity index (χ0v) is 29.7. The lowest BCUT2D eigenvalue weighted by Crippen LogP contribution is -2.37. The molecule has 50 heavy (non-hydrogen) atoms. The minimum absolute atomic E-state index is 1.23. The van der Waals surface area contributed by atoms with Crippen LogP contribution in [0.1, 0.15) is 0 Å². The quantitative estimate of drug-likeness (QED) is 0.128. The molecule has 0 bridgehead atoms. The summed E-state index contributed by atoms with van der Waals surface area (Å²) in [6.07, 6.45) is 0. The summed E-state index contributed by atoms with van der Waals surface area (Å²) in [6, 6.07) is 65.4. The van der Waals surface area contributed by atoms with Crippen LogP contribution in [-0.2, 0) is 0 Å². The number of hydrogen-bond donors (Lipinski definition) is 0. The van der Waals surface area contributed by atoms with Gasteiger partial charge in [0.05, 0.1) is 8.07 Å². The Balaban J connectivity index is 1.23. The minimum Gasteiger partial charge on any atom is -0.0656 e. The van der Waals surface area contributed by atoms with Crippen molar-refractivity contribution in [1.82, 2.24) is 0 Å². The topological polar surface area (TPSA) is 0 Å². The summed E-state index contributed by atoms with van der Waals surface area (Å²) in [5, 5.41) is 11.7. The predicted molar refractivity (Wildman–Crippen MR) is 221 cm³/mol. The smallest absolute Gasteiger partial charge is 0.0656 e. The second-order valence-electron chi connectivity index (χ2n) is 14.6. The predicted octanol–water partition coefficient (Wildman–Crippen LogP) is 13.5. The van der Waals surface area contributed by atoms with E-state index in [-0.39, 0.29) is 0 Å². The standard InChI is InChI=1S/C49H38Si/c1-50(2,3)41-28-26-35(27-29-41)48-43-17-6-8-19-45(43)49(46-20-9-7-18-44(46)48)40-25-23-34-14-11-21-42(47(34)32-40)39-16-10-15-37(31-39)38-24-22-33-12-4-5-13-36(33)30-38/h4-32H,1-3H3. The first kappa shape index (κ1) is 30.3. The molecule has 0 heterocycles. The fourth-order valence-corrected chi connectivity index (χ4v) is 8.97. The maximum atomic E-state index is 2.42. The third kappa shape index (κ3) is 5.23. The Morgan fingerprint density at radius 1 is 0.300 bits per heavy atom. The second-order valence-corrected chi connectivity index (χ2v) is 19.6. The van der Waals surface area contributed by atoms with Crippen LogP contribution in [0.4, 0.5) is 0 Å². The van der Waals surface area contributed by atoms with Gasteiger partial charge in [0, 0.05) is 0 Å². The number of benzene rings is 9. The largest absolute Gasteiger partial charge is 0.0775 e. The Morgan fingerprint density at radius 2 is 0.800 bits per heavy atom. The highest BCUT2D eigenvalue weighted by molar-refractivity contribution is 6.88. The van der Waals surface area contributed by atoms with Crippen molar-refractivity contribution in [3.63, 3.8) is 0 Å². The molecule has 0 nitrogen and oxygen atoms in total. The Morgan fingerprint density at radius 3 is 1.48 bits per heavy atom. The van der Waals surface area contributed by atoms with Crippen LogP contribution in [0.2, 0.25) is 19.6 Å². The van der Waals surface area contributed by atoms with Crippen LogP contribution in [0.5, 0.6) is 0 Å². The van der Waals surface area contributed by atoms with E-state index in [9.17, 15) is 0 Å². The SMILES string of the molecule is C[Si](C)(C)c1ccc(-c2c3ccccc3c(-c3ccc4cccc(-c5cccc(-c6ccc7ccccc7c6)c5)c4c3)c3ccccc23)cc1. The molecule has 0 fully saturated rings. The van der Waals surface area contributed by atoms with Crippen molar-refractivity contribution in [2.75, 3.05) is 0 Å². The monoisotopic (exact) mass is 654 g/mol. The van der Waals surface area contributed by atoms with E-state index in [1.165, 1.54) is 92.8 Å². The van der Waals surface area contributed by atoms with Gasteiger partial charge in [-0.25, -0.2) is 0 Å². The number of fused-ring (bicyclic) bond motifs is 4. The molecule has 0 spiro atoms. The van der Waals surface area contributed by atoms with Gasteiger partial charge in [0.25, 0.3) is 0 Å². The van der Waals surface area contributed by atoms with E-state index in [4.69, 9.17) is 0 Å². The van der Waals surface area contributed by atoms with Crippen molar-refractivity contribution < 1.29 is 0 Å². The van der Waals surface area contributed by atoms with E-state index in [0.29, 0.717) is 0 Å². The summed E-state index contributed by atoms with van der Waals surface area (Å²) in [5.41, 5.74) is 10.1. The average Bonchev–Trinajstić information content (AvgIpc) is 3.16. The molecule has 0 unspecified atom stereocenters. The van der Waals surface area contributed by atoms with Crippen LogP contribution >= 0.6 is 0 Å². The maximum Gasteiger partial charge on any atom is 0.0775 e. The van der Waals surface area contributed by atoms with E-state index in [1.54, 1.807) is 0 Å². The molecule has 238 valence electrons. The first-order valence-electron chi connectivity index (χ1n) is 17.6. The van der Waals surface area contributed by atoms with E-state index in [2.05, 4.69) is 196 Å². The van der Waals surface area contributed by atoms with Gasteiger partial charge < -0.3 is 0 Å². The first-order valence-corrected chi connectivity index (χ1v) is 21.1. The molecular weight excluding hydrogens is 617 g/mol. The van der Waals surface area contributed by atoms with Gasteiger partial charge in [-0.3, -0.25) is 0 Å². The number of hydrogen-bond acceptors (Lipinski definition) is 0. The van der Waals surface area contributed by atoms with Crippen molar-refractivity contribution >= 4 is 56.4 Å². The van der Waals surface area contributed by atoms with E-state index in [1.807, 2.05) is 0 Å². The number of rotatable bonds is 5. The molecule has 0 aliphatic rings. The van der Waals surface area contributed by atoms with Crippen LogP contribution in [0.25, 0.3) is 87.6 Å². The molecule has 0 aliphatic carbocycles. The molecule has 0 aromatic heterocycles. The normalized spacial score (nSPS) is 11.9. The lowest BCUT2D eigenvalue weighted by atomic mass is 9.85. The molecular formula is C49H38Si. The zero-order chi connectivity index (χ0) is 33.8. The second kappa shape index (κ2) is 12.0. The van der Waals surface area contributed by atoms with Gasteiger partial charge in [-0.1, -0.05) is 183 Å². The highest BCUT2D eigenvalue weighted by atomic mass is 28.3. The molecule has 0 N–H and O–H groups in total. The van der Waals surface area contributed by atoms with Crippen LogP contribution in [0.3, 0.4) is 0 Å². The summed E-state index contributed by atoms with van der Waals surface area (Å²) in [4.78, 5) is 0. The zero-order valence-electron chi connectivity index (χ0n) is 28.7. The van der Waals surface area contributed by atoms with Gasteiger partial charge in [-0.05, 0) is 106 Å². The summed E-state index contributed by atoms with van der Waals surface area (Å²) in [7, 11) is -1.40. The fourth-order valence-electron chi connectivity index (χ4n) is 7.80. The van der Waals surface area contributed by atoms with Gasteiger partial charge in [0.2, 0.25) is 0 Å². The Hall–Kier alpha value is -5.76. The molecule has 9 aromatic carbocycles. The summed E-state index contributed by atoms with van der Waals surface area (Å²) in [5.74, 6) is 0. The van der Waals surface area contributed by atoms with Gasteiger partial charge in [0.1, 0.15) is 0 Å². The third-order valence-corrected chi connectivity index (χ3v) is 12.5. The fraction of sp³-hybridized carbons (Fsp3) is 0.0612. The Kier molecular flexibility index (Phi) is 7.26. The maximum absolute atomic E-state index is 2.42. The molecule has 0 aliphatic heterocycles. The van der Waals surface area contributed by atoms with Crippen molar-refractivity contribution in [3.05, 3.63) is 176 Å². The summed E-state index contributed by atoms with van der Waals surface area (Å²) < 4.78 is 0. The third-order valence-electron chi connectivity index (χ3n) is 10.4. The molecule has 0 saturated heterocycles.